The van der Waals surface area contributed by atoms with E-state index in [1.807, 2.05) is 49.4 Å². The molecule has 0 heterocycles. The average Bonchev–Trinajstić information content (AvgIpc) is 2.62. The first kappa shape index (κ1) is 17.3. The van der Waals surface area contributed by atoms with E-state index in [0.29, 0.717) is 17.9 Å². The Morgan fingerprint density at radius 2 is 1.64 bits per heavy atom. The molecule has 0 aliphatic heterocycles. The highest BCUT2D eigenvalue weighted by Crippen LogP contribution is 2.30. The first-order valence-corrected chi connectivity index (χ1v) is 9.99. The number of anilines is 1. The van der Waals surface area contributed by atoms with Gasteiger partial charge in [0.05, 0.1) is 5.75 Å². The summed E-state index contributed by atoms with van der Waals surface area (Å²) in [5.41, 5.74) is 0.543. The molecule has 1 N–H and O–H groups in total. The molecule has 0 spiro atoms. The molecule has 0 atom stereocenters. The largest absolute Gasteiger partial charge is 0.457 e. The Kier molecular flexibility index (Phi) is 5.24. The van der Waals surface area contributed by atoms with Crippen LogP contribution in [0.2, 0.25) is 0 Å². The number of hydrogen-bond acceptors (Lipinski definition) is 3. The number of fused-ring (bicyclic) bond motifs is 1. The van der Waals surface area contributed by atoms with Crippen molar-refractivity contribution in [1.29, 1.82) is 0 Å². The van der Waals surface area contributed by atoms with Gasteiger partial charge in [0.25, 0.3) is 0 Å². The van der Waals surface area contributed by atoms with Gasteiger partial charge in [0, 0.05) is 11.1 Å². The van der Waals surface area contributed by atoms with Gasteiger partial charge in [-0.15, -0.1) is 0 Å². The SMILES string of the molecule is CCCCS(=O)(=O)Nc1ccc(Oc2cccc3ccccc23)cc1. The molecule has 0 fully saturated rings. The number of benzene rings is 3. The summed E-state index contributed by atoms with van der Waals surface area (Å²) in [7, 11) is -3.29. The van der Waals surface area contributed by atoms with Crippen molar-refractivity contribution in [2.45, 2.75) is 19.8 Å². The molecule has 0 saturated carbocycles. The van der Waals surface area contributed by atoms with Gasteiger partial charge in [0.1, 0.15) is 11.5 Å². The fourth-order valence-electron chi connectivity index (χ4n) is 2.57. The summed E-state index contributed by atoms with van der Waals surface area (Å²) >= 11 is 0. The molecule has 5 heteroatoms. The second-order valence-corrected chi connectivity index (χ2v) is 7.72. The number of sulfonamides is 1. The minimum absolute atomic E-state index is 0.137. The summed E-state index contributed by atoms with van der Waals surface area (Å²) in [6.45, 7) is 1.97. The molecule has 0 saturated heterocycles. The van der Waals surface area contributed by atoms with Crippen LogP contribution in [-0.2, 0) is 10.0 Å². The number of ether oxygens (including phenoxy) is 1. The Labute approximate surface area is 148 Å². The predicted octanol–water partition coefficient (Wildman–Crippen LogP) is 5.17. The molecule has 3 aromatic rings. The molecule has 0 aliphatic rings. The van der Waals surface area contributed by atoms with Crippen LogP contribution >= 0.6 is 0 Å². The first-order chi connectivity index (χ1) is 12.1. The standard InChI is InChI=1S/C20H21NO3S/c1-2-3-15-25(22,23)21-17-11-13-18(14-12-17)24-20-10-6-8-16-7-4-5-9-19(16)20/h4-14,21H,2-3,15H2,1H3. The van der Waals surface area contributed by atoms with E-state index in [-0.39, 0.29) is 5.75 Å². The molecule has 0 bridgehead atoms. The first-order valence-electron chi connectivity index (χ1n) is 8.33. The van der Waals surface area contributed by atoms with Crippen molar-refractivity contribution in [2.24, 2.45) is 0 Å². The van der Waals surface area contributed by atoms with E-state index in [1.54, 1.807) is 24.3 Å². The van der Waals surface area contributed by atoms with Gasteiger partial charge < -0.3 is 4.74 Å². The fraction of sp³-hybridized carbons (Fsp3) is 0.200. The number of unbranched alkanes of at least 4 members (excludes halogenated alkanes) is 1. The van der Waals surface area contributed by atoms with E-state index in [2.05, 4.69) is 4.72 Å². The van der Waals surface area contributed by atoms with Crippen LogP contribution in [0.5, 0.6) is 11.5 Å². The number of rotatable bonds is 7. The molecular weight excluding hydrogens is 334 g/mol. The fourth-order valence-corrected chi connectivity index (χ4v) is 3.83. The zero-order valence-electron chi connectivity index (χ0n) is 14.1. The highest BCUT2D eigenvalue weighted by Gasteiger charge is 2.09. The molecule has 130 valence electrons. The lowest BCUT2D eigenvalue weighted by Gasteiger charge is -2.11. The number of nitrogens with one attached hydrogen (secondary N) is 1. The second kappa shape index (κ2) is 7.57. The molecule has 3 rings (SSSR count). The number of hydrogen-bond donors (Lipinski definition) is 1. The molecule has 0 amide bonds. The third-order valence-corrected chi connectivity index (χ3v) is 5.24. The Morgan fingerprint density at radius 3 is 2.40 bits per heavy atom. The van der Waals surface area contributed by atoms with E-state index in [1.165, 1.54) is 0 Å². The Bertz CT molecular complexity index is 945. The van der Waals surface area contributed by atoms with Crippen LogP contribution in [0, 0.1) is 0 Å². The molecule has 0 radical (unpaired) electrons. The normalized spacial score (nSPS) is 11.4. The van der Waals surface area contributed by atoms with E-state index >= 15 is 0 Å². The summed E-state index contributed by atoms with van der Waals surface area (Å²) in [6, 6.07) is 20.9. The van der Waals surface area contributed by atoms with E-state index in [9.17, 15) is 8.42 Å². The quantitative estimate of drug-likeness (QED) is 0.636. The third kappa shape index (κ3) is 4.51. The molecule has 0 aliphatic carbocycles. The van der Waals surface area contributed by atoms with Crippen LogP contribution in [-0.4, -0.2) is 14.2 Å². The maximum absolute atomic E-state index is 11.9. The minimum atomic E-state index is -3.29. The van der Waals surface area contributed by atoms with Gasteiger partial charge >= 0.3 is 0 Å². The van der Waals surface area contributed by atoms with E-state index in [4.69, 9.17) is 4.74 Å². The van der Waals surface area contributed by atoms with Crippen molar-refractivity contribution in [3.63, 3.8) is 0 Å². The van der Waals surface area contributed by atoms with Gasteiger partial charge in [-0.25, -0.2) is 8.42 Å². The molecule has 0 unspecified atom stereocenters. The monoisotopic (exact) mass is 355 g/mol. The van der Waals surface area contributed by atoms with Crippen LogP contribution in [0.1, 0.15) is 19.8 Å². The lowest BCUT2D eigenvalue weighted by atomic mass is 10.1. The second-order valence-electron chi connectivity index (χ2n) is 5.88. The van der Waals surface area contributed by atoms with E-state index in [0.717, 1.165) is 22.9 Å². The topological polar surface area (TPSA) is 55.4 Å². The van der Waals surface area contributed by atoms with Gasteiger partial charge in [-0.2, -0.15) is 0 Å². The Balaban J connectivity index is 1.74. The van der Waals surface area contributed by atoms with Gasteiger partial charge in [0.15, 0.2) is 0 Å². The van der Waals surface area contributed by atoms with Gasteiger partial charge in [-0.1, -0.05) is 49.7 Å². The third-order valence-electron chi connectivity index (χ3n) is 3.87. The van der Waals surface area contributed by atoms with Crippen LogP contribution < -0.4 is 9.46 Å². The lowest BCUT2D eigenvalue weighted by molar-refractivity contribution is 0.488. The maximum atomic E-state index is 11.9. The van der Waals surface area contributed by atoms with Crippen molar-refractivity contribution in [2.75, 3.05) is 10.5 Å². The minimum Gasteiger partial charge on any atom is -0.457 e. The molecular formula is C20H21NO3S. The van der Waals surface area contributed by atoms with Gasteiger partial charge in [0.2, 0.25) is 10.0 Å². The van der Waals surface area contributed by atoms with Crippen molar-refractivity contribution in [3.8, 4) is 11.5 Å². The zero-order valence-corrected chi connectivity index (χ0v) is 14.9. The molecule has 25 heavy (non-hydrogen) atoms. The molecule has 4 nitrogen and oxygen atoms in total. The summed E-state index contributed by atoms with van der Waals surface area (Å²) in [4.78, 5) is 0. The van der Waals surface area contributed by atoms with Crippen molar-refractivity contribution >= 4 is 26.5 Å². The Morgan fingerprint density at radius 1 is 0.920 bits per heavy atom. The predicted molar refractivity (Wildman–Crippen MR) is 103 cm³/mol. The van der Waals surface area contributed by atoms with Crippen LogP contribution in [0.15, 0.2) is 66.7 Å². The average molecular weight is 355 g/mol. The van der Waals surface area contributed by atoms with Gasteiger partial charge in [-0.3, -0.25) is 4.72 Å². The van der Waals surface area contributed by atoms with Crippen LogP contribution in [0.25, 0.3) is 10.8 Å². The summed E-state index contributed by atoms with van der Waals surface area (Å²) in [6.07, 6.45) is 1.50. The van der Waals surface area contributed by atoms with Crippen LogP contribution in [0.4, 0.5) is 5.69 Å². The summed E-state index contributed by atoms with van der Waals surface area (Å²) in [5.74, 6) is 1.57. The highest BCUT2D eigenvalue weighted by atomic mass is 32.2. The van der Waals surface area contributed by atoms with E-state index < -0.39 is 10.0 Å². The summed E-state index contributed by atoms with van der Waals surface area (Å²) < 4.78 is 32.4. The summed E-state index contributed by atoms with van der Waals surface area (Å²) in [5, 5.41) is 2.15. The Hall–Kier alpha value is -2.53. The van der Waals surface area contributed by atoms with Crippen LogP contribution in [0.3, 0.4) is 0 Å². The molecule has 0 aromatic heterocycles. The van der Waals surface area contributed by atoms with Crippen molar-refractivity contribution in [3.05, 3.63) is 66.7 Å². The zero-order chi connectivity index (χ0) is 17.7. The van der Waals surface area contributed by atoms with Crippen molar-refractivity contribution in [1.82, 2.24) is 0 Å². The molecule has 3 aromatic carbocycles. The smallest absolute Gasteiger partial charge is 0.232 e. The maximum Gasteiger partial charge on any atom is 0.232 e. The van der Waals surface area contributed by atoms with Gasteiger partial charge in [-0.05, 0) is 42.1 Å². The highest BCUT2D eigenvalue weighted by molar-refractivity contribution is 7.92. The van der Waals surface area contributed by atoms with Crippen molar-refractivity contribution < 1.29 is 13.2 Å². The lowest BCUT2D eigenvalue weighted by Crippen LogP contribution is -2.16.